The summed E-state index contributed by atoms with van der Waals surface area (Å²) < 4.78 is 38.5. The van der Waals surface area contributed by atoms with Gasteiger partial charge in [-0.05, 0) is 36.8 Å². The lowest BCUT2D eigenvalue weighted by molar-refractivity contribution is -0.137. The van der Waals surface area contributed by atoms with Gasteiger partial charge in [0, 0.05) is 48.2 Å². The minimum atomic E-state index is -4.40. The minimum Gasteiger partial charge on any atom is -0.396 e. The van der Waals surface area contributed by atoms with E-state index in [2.05, 4.69) is 15.3 Å². The van der Waals surface area contributed by atoms with E-state index in [1.54, 1.807) is 12.3 Å². The highest BCUT2D eigenvalue weighted by molar-refractivity contribution is 5.91. The molecule has 4 nitrogen and oxygen atoms in total. The van der Waals surface area contributed by atoms with Crippen LogP contribution in [-0.2, 0) is 12.6 Å². The fraction of sp³-hybridized carbons (Fsp3) is 0.263. The van der Waals surface area contributed by atoms with Crippen molar-refractivity contribution in [3.05, 3.63) is 66.1 Å². The molecule has 0 amide bonds. The van der Waals surface area contributed by atoms with Gasteiger partial charge in [-0.25, -0.2) is 0 Å². The van der Waals surface area contributed by atoms with Crippen LogP contribution in [0.25, 0.3) is 10.9 Å². The maximum Gasteiger partial charge on any atom is 0.416 e. The topological polar surface area (TPSA) is 58.0 Å². The molecule has 2 N–H and O–H groups in total. The van der Waals surface area contributed by atoms with Crippen molar-refractivity contribution in [2.24, 2.45) is 5.92 Å². The quantitative estimate of drug-likeness (QED) is 0.699. The number of hydrogen-bond donors (Lipinski definition) is 2. The van der Waals surface area contributed by atoms with E-state index < -0.39 is 11.7 Å². The zero-order valence-electron chi connectivity index (χ0n) is 13.9. The van der Waals surface area contributed by atoms with Gasteiger partial charge in [-0.3, -0.25) is 9.97 Å². The van der Waals surface area contributed by atoms with Gasteiger partial charge in [0.05, 0.1) is 11.1 Å². The van der Waals surface area contributed by atoms with Gasteiger partial charge in [0.2, 0.25) is 0 Å². The highest BCUT2D eigenvalue weighted by atomic mass is 19.4. The predicted octanol–water partition coefficient (Wildman–Crippen LogP) is 3.91. The zero-order valence-corrected chi connectivity index (χ0v) is 13.9. The van der Waals surface area contributed by atoms with Crippen LogP contribution in [0.15, 0.2) is 54.9 Å². The number of aliphatic hydroxyl groups excluding tert-OH is 1. The summed E-state index contributed by atoms with van der Waals surface area (Å²) in [6.45, 7) is 0.442. The van der Waals surface area contributed by atoms with Gasteiger partial charge in [-0.15, -0.1) is 0 Å². The highest BCUT2D eigenvalue weighted by Crippen LogP contribution is 2.32. The third-order valence-electron chi connectivity index (χ3n) is 4.13. The van der Waals surface area contributed by atoms with Crippen LogP contribution in [0, 0.1) is 5.92 Å². The first-order valence-corrected chi connectivity index (χ1v) is 8.18. The summed E-state index contributed by atoms with van der Waals surface area (Å²) in [6, 6.07) is 10.8. The Balaban J connectivity index is 1.75. The van der Waals surface area contributed by atoms with E-state index in [0.29, 0.717) is 24.0 Å². The second kappa shape index (κ2) is 7.70. The molecular formula is C19H18F3N3O. The molecule has 0 aliphatic rings. The van der Waals surface area contributed by atoms with Crippen molar-refractivity contribution in [2.75, 3.05) is 18.5 Å². The number of nitrogens with one attached hydrogen (secondary N) is 1. The van der Waals surface area contributed by atoms with Crippen molar-refractivity contribution in [3.8, 4) is 0 Å². The Morgan fingerprint density at radius 1 is 1.04 bits per heavy atom. The molecule has 26 heavy (non-hydrogen) atoms. The van der Waals surface area contributed by atoms with Gasteiger partial charge in [0.1, 0.15) is 0 Å². The molecule has 7 heteroatoms. The van der Waals surface area contributed by atoms with Crippen LogP contribution in [0.5, 0.6) is 0 Å². The summed E-state index contributed by atoms with van der Waals surface area (Å²) in [5, 5.41) is 13.4. The number of nitrogens with zero attached hydrogens (tertiary/aromatic N) is 2. The SMILES string of the molecule is OCC(CNc1ccnc2cc(C(F)(F)F)ccc12)Cc1ccccn1. The third kappa shape index (κ3) is 4.29. The lowest BCUT2D eigenvalue weighted by Crippen LogP contribution is -2.21. The highest BCUT2D eigenvalue weighted by Gasteiger charge is 2.30. The molecule has 0 bridgehead atoms. The standard InChI is InChI=1S/C19H18F3N3O/c20-19(21,22)14-4-5-16-17(6-8-24-18(16)10-14)25-11-13(12-26)9-15-3-1-2-7-23-15/h1-8,10,13,26H,9,11-12H2,(H,24,25). The summed E-state index contributed by atoms with van der Waals surface area (Å²) in [5.41, 5.74) is 1.11. The molecule has 2 aromatic heterocycles. The number of rotatable bonds is 6. The van der Waals surface area contributed by atoms with Crippen LogP contribution in [0.4, 0.5) is 18.9 Å². The molecule has 0 saturated carbocycles. The fourth-order valence-corrected chi connectivity index (χ4v) is 2.75. The molecule has 2 heterocycles. The van der Waals surface area contributed by atoms with Crippen LogP contribution >= 0.6 is 0 Å². The first kappa shape index (κ1) is 18.1. The van der Waals surface area contributed by atoms with Gasteiger partial charge in [0.15, 0.2) is 0 Å². The summed E-state index contributed by atoms with van der Waals surface area (Å²) in [5.74, 6) is -0.0671. The van der Waals surface area contributed by atoms with Gasteiger partial charge in [0.25, 0.3) is 0 Å². The van der Waals surface area contributed by atoms with Crippen LogP contribution < -0.4 is 5.32 Å². The average molecular weight is 361 g/mol. The number of aliphatic hydroxyl groups is 1. The summed E-state index contributed by atoms with van der Waals surface area (Å²) in [7, 11) is 0. The average Bonchev–Trinajstić information content (AvgIpc) is 2.64. The van der Waals surface area contributed by atoms with Crippen LogP contribution in [0.3, 0.4) is 0 Å². The smallest absolute Gasteiger partial charge is 0.396 e. The van der Waals surface area contributed by atoms with Crippen LogP contribution in [0.1, 0.15) is 11.3 Å². The zero-order chi connectivity index (χ0) is 18.6. The molecule has 0 aliphatic heterocycles. The Hall–Kier alpha value is -2.67. The van der Waals surface area contributed by atoms with E-state index >= 15 is 0 Å². The first-order valence-electron chi connectivity index (χ1n) is 8.18. The minimum absolute atomic E-state index is 0.0230. The molecule has 0 aliphatic carbocycles. The number of anilines is 1. The molecule has 136 valence electrons. The van der Waals surface area contributed by atoms with Crippen molar-refractivity contribution in [2.45, 2.75) is 12.6 Å². The van der Waals surface area contributed by atoms with Crippen LogP contribution in [0.2, 0.25) is 0 Å². The summed E-state index contributed by atoms with van der Waals surface area (Å²) in [4.78, 5) is 8.28. The largest absolute Gasteiger partial charge is 0.416 e. The van der Waals surface area contributed by atoms with E-state index in [1.165, 1.54) is 12.3 Å². The van der Waals surface area contributed by atoms with Crippen molar-refractivity contribution >= 4 is 16.6 Å². The molecule has 3 aromatic rings. The number of halogens is 3. The van der Waals surface area contributed by atoms with E-state index in [0.717, 1.165) is 17.8 Å². The number of pyridine rings is 2. The summed E-state index contributed by atoms with van der Waals surface area (Å²) in [6.07, 6.45) is -0.626. The van der Waals surface area contributed by atoms with Crippen molar-refractivity contribution in [3.63, 3.8) is 0 Å². The maximum atomic E-state index is 12.8. The Morgan fingerprint density at radius 2 is 1.88 bits per heavy atom. The van der Waals surface area contributed by atoms with Gasteiger partial charge < -0.3 is 10.4 Å². The molecule has 3 rings (SSSR count). The molecule has 0 spiro atoms. The van der Waals surface area contributed by atoms with Crippen LogP contribution in [-0.4, -0.2) is 28.2 Å². The Morgan fingerprint density at radius 3 is 2.58 bits per heavy atom. The van der Waals surface area contributed by atoms with Gasteiger partial charge >= 0.3 is 6.18 Å². The van der Waals surface area contributed by atoms with Gasteiger partial charge in [-0.1, -0.05) is 12.1 Å². The molecule has 1 unspecified atom stereocenters. The lowest BCUT2D eigenvalue weighted by Gasteiger charge is -2.17. The molecule has 1 aromatic carbocycles. The van der Waals surface area contributed by atoms with Crippen molar-refractivity contribution in [1.29, 1.82) is 0 Å². The molecule has 1 atom stereocenters. The number of aromatic nitrogens is 2. The van der Waals surface area contributed by atoms with Crippen molar-refractivity contribution in [1.82, 2.24) is 9.97 Å². The second-order valence-corrected chi connectivity index (χ2v) is 6.04. The lowest BCUT2D eigenvalue weighted by atomic mass is 10.0. The number of fused-ring (bicyclic) bond motifs is 1. The first-order chi connectivity index (χ1) is 12.5. The second-order valence-electron chi connectivity index (χ2n) is 6.04. The third-order valence-corrected chi connectivity index (χ3v) is 4.13. The van der Waals surface area contributed by atoms with E-state index in [9.17, 15) is 18.3 Å². The molecule has 0 radical (unpaired) electrons. The number of hydrogen-bond acceptors (Lipinski definition) is 4. The Bertz CT molecular complexity index is 869. The van der Waals surface area contributed by atoms with Crippen molar-refractivity contribution < 1.29 is 18.3 Å². The Labute approximate surface area is 148 Å². The number of alkyl halides is 3. The van der Waals surface area contributed by atoms with Gasteiger partial charge in [-0.2, -0.15) is 13.2 Å². The molecular weight excluding hydrogens is 343 g/mol. The number of benzene rings is 1. The van der Waals surface area contributed by atoms with E-state index in [1.807, 2.05) is 18.2 Å². The monoisotopic (exact) mass is 361 g/mol. The molecule has 0 fully saturated rings. The fourth-order valence-electron chi connectivity index (χ4n) is 2.75. The summed E-state index contributed by atoms with van der Waals surface area (Å²) >= 11 is 0. The van der Waals surface area contributed by atoms with E-state index in [4.69, 9.17) is 0 Å². The van der Waals surface area contributed by atoms with E-state index in [-0.39, 0.29) is 18.0 Å². The molecule has 0 saturated heterocycles. The maximum absolute atomic E-state index is 12.8. The normalized spacial score (nSPS) is 12.9. The predicted molar refractivity (Wildman–Crippen MR) is 93.8 cm³/mol. The Kier molecular flexibility index (Phi) is 5.37.